The maximum Gasteiger partial charge on any atom is 0.170 e. The molecule has 0 aliphatic heterocycles. The van der Waals surface area contributed by atoms with Crippen molar-refractivity contribution in [3.63, 3.8) is 0 Å². The predicted octanol–water partition coefficient (Wildman–Crippen LogP) is 0.311. The van der Waals surface area contributed by atoms with Gasteiger partial charge in [0.2, 0.25) is 0 Å². The van der Waals surface area contributed by atoms with Crippen molar-refractivity contribution in [1.29, 1.82) is 0 Å². The van der Waals surface area contributed by atoms with E-state index in [4.69, 9.17) is 15.7 Å². The fourth-order valence-electron chi connectivity index (χ4n) is 1.45. The van der Waals surface area contributed by atoms with Crippen LogP contribution in [0.2, 0.25) is 0 Å². The van der Waals surface area contributed by atoms with Gasteiger partial charge in [0.1, 0.15) is 12.4 Å². The lowest BCUT2D eigenvalue weighted by Gasteiger charge is -2.11. The standard InChI is InChI=1S/C13H22N4O2/c1-17(2)9-7-15-8-10-19-12-5-3-11(4-6-12)13(14)16-18/h3-6,15,18H,7-10H2,1-2H3,(H2,14,16). The number of amidine groups is 1. The lowest BCUT2D eigenvalue weighted by Crippen LogP contribution is -2.29. The van der Waals surface area contributed by atoms with Crippen LogP contribution in [0.25, 0.3) is 0 Å². The van der Waals surface area contributed by atoms with Crippen LogP contribution in [0.15, 0.2) is 29.4 Å². The smallest absolute Gasteiger partial charge is 0.170 e. The van der Waals surface area contributed by atoms with E-state index >= 15 is 0 Å². The first-order valence-electron chi connectivity index (χ1n) is 6.19. The van der Waals surface area contributed by atoms with Gasteiger partial charge in [-0.2, -0.15) is 0 Å². The lowest BCUT2D eigenvalue weighted by molar-refractivity contribution is 0.308. The van der Waals surface area contributed by atoms with Gasteiger partial charge in [-0.1, -0.05) is 5.16 Å². The number of likely N-dealkylation sites (N-methyl/N-ethyl adjacent to an activating group) is 1. The summed E-state index contributed by atoms with van der Waals surface area (Å²) in [6.45, 7) is 3.36. The van der Waals surface area contributed by atoms with E-state index in [1.54, 1.807) is 24.3 Å². The molecule has 1 aromatic carbocycles. The Morgan fingerprint density at radius 1 is 1.32 bits per heavy atom. The maximum absolute atomic E-state index is 8.54. The predicted molar refractivity (Wildman–Crippen MR) is 75.9 cm³/mol. The quantitative estimate of drug-likeness (QED) is 0.207. The molecule has 0 unspecified atom stereocenters. The first kappa shape index (κ1) is 15.3. The van der Waals surface area contributed by atoms with E-state index in [9.17, 15) is 0 Å². The third-order valence-corrected chi connectivity index (χ3v) is 2.54. The molecule has 19 heavy (non-hydrogen) atoms. The summed E-state index contributed by atoms with van der Waals surface area (Å²) in [6.07, 6.45) is 0. The molecule has 1 rings (SSSR count). The van der Waals surface area contributed by atoms with Crippen LogP contribution in [0.5, 0.6) is 5.75 Å². The van der Waals surface area contributed by atoms with Crippen LogP contribution < -0.4 is 15.8 Å². The summed E-state index contributed by atoms with van der Waals surface area (Å²) >= 11 is 0. The van der Waals surface area contributed by atoms with Gasteiger partial charge in [0, 0.05) is 25.2 Å². The zero-order chi connectivity index (χ0) is 14.1. The van der Waals surface area contributed by atoms with Gasteiger partial charge in [-0.05, 0) is 38.4 Å². The van der Waals surface area contributed by atoms with Crippen molar-refractivity contribution in [2.24, 2.45) is 10.9 Å². The molecule has 6 heteroatoms. The normalized spacial score (nSPS) is 11.8. The monoisotopic (exact) mass is 266 g/mol. The molecule has 0 atom stereocenters. The summed E-state index contributed by atoms with van der Waals surface area (Å²) < 4.78 is 5.56. The van der Waals surface area contributed by atoms with Crippen molar-refractivity contribution in [3.8, 4) is 5.75 Å². The van der Waals surface area contributed by atoms with Gasteiger partial charge >= 0.3 is 0 Å². The van der Waals surface area contributed by atoms with Crippen molar-refractivity contribution < 1.29 is 9.94 Å². The Morgan fingerprint density at radius 2 is 2.00 bits per heavy atom. The molecule has 0 aliphatic rings. The minimum atomic E-state index is 0.0944. The molecule has 0 radical (unpaired) electrons. The number of nitrogens with two attached hydrogens (primary N) is 1. The number of oxime groups is 1. The molecule has 0 fully saturated rings. The minimum absolute atomic E-state index is 0.0944. The molecule has 6 nitrogen and oxygen atoms in total. The summed E-state index contributed by atoms with van der Waals surface area (Å²) in [5, 5.41) is 14.8. The molecule has 1 aromatic rings. The van der Waals surface area contributed by atoms with Crippen LogP contribution in [-0.2, 0) is 0 Å². The second kappa shape index (κ2) is 8.34. The molecule has 0 saturated carbocycles. The number of nitrogens with zero attached hydrogens (tertiary/aromatic N) is 2. The molecule has 0 aromatic heterocycles. The number of benzene rings is 1. The molecule has 0 bridgehead atoms. The summed E-state index contributed by atoms with van der Waals surface area (Å²) in [4.78, 5) is 2.12. The molecule has 0 aliphatic carbocycles. The van der Waals surface area contributed by atoms with Crippen LogP contribution >= 0.6 is 0 Å². The Hall–Kier alpha value is -1.79. The average Bonchev–Trinajstić information content (AvgIpc) is 2.42. The average molecular weight is 266 g/mol. The van der Waals surface area contributed by atoms with Gasteiger partial charge in [-0.15, -0.1) is 0 Å². The summed E-state index contributed by atoms with van der Waals surface area (Å²) in [7, 11) is 4.09. The second-order valence-corrected chi connectivity index (χ2v) is 4.41. The maximum atomic E-state index is 8.54. The van der Waals surface area contributed by atoms with E-state index in [1.165, 1.54) is 0 Å². The third-order valence-electron chi connectivity index (χ3n) is 2.54. The number of hydrogen-bond acceptors (Lipinski definition) is 5. The van der Waals surface area contributed by atoms with E-state index in [0.717, 1.165) is 25.4 Å². The van der Waals surface area contributed by atoms with Gasteiger partial charge < -0.3 is 25.9 Å². The van der Waals surface area contributed by atoms with Crippen molar-refractivity contribution in [1.82, 2.24) is 10.2 Å². The summed E-state index contributed by atoms with van der Waals surface area (Å²) in [5.74, 6) is 0.862. The third kappa shape index (κ3) is 6.08. The van der Waals surface area contributed by atoms with E-state index < -0.39 is 0 Å². The fraction of sp³-hybridized carbons (Fsp3) is 0.462. The van der Waals surface area contributed by atoms with Crippen LogP contribution in [0.3, 0.4) is 0 Å². The van der Waals surface area contributed by atoms with Crippen LogP contribution in [0, 0.1) is 0 Å². The van der Waals surface area contributed by atoms with Crippen molar-refractivity contribution >= 4 is 5.84 Å². The molecule has 4 N–H and O–H groups in total. The SMILES string of the molecule is CN(C)CCNCCOc1ccc(C(N)=NO)cc1. The minimum Gasteiger partial charge on any atom is -0.492 e. The highest BCUT2D eigenvalue weighted by atomic mass is 16.5. The fourth-order valence-corrected chi connectivity index (χ4v) is 1.45. The Bertz CT molecular complexity index is 390. The van der Waals surface area contributed by atoms with Crippen molar-refractivity contribution in [3.05, 3.63) is 29.8 Å². The van der Waals surface area contributed by atoms with E-state index in [0.29, 0.717) is 12.2 Å². The molecule has 0 spiro atoms. The van der Waals surface area contributed by atoms with Crippen molar-refractivity contribution in [2.75, 3.05) is 40.3 Å². The summed E-state index contributed by atoms with van der Waals surface area (Å²) in [6, 6.07) is 7.11. The van der Waals surface area contributed by atoms with E-state index in [-0.39, 0.29) is 5.84 Å². The highest BCUT2D eigenvalue weighted by molar-refractivity contribution is 5.97. The van der Waals surface area contributed by atoms with Gasteiger partial charge in [0.05, 0.1) is 0 Å². The highest BCUT2D eigenvalue weighted by Gasteiger charge is 1.99. The second-order valence-electron chi connectivity index (χ2n) is 4.41. The van der Waals surface area contributed by atoms with E-state index in [1.807, 2.05) is 14.1 Å². The Morgan fingerprint density at radius 3 is 2.58 bits per heavy atom. The Balaban J connectivity index is 2.23. The zero-order valence-electron chi connectivity index (χ0n) is 11.5. The summed E-state index contributed by atoms with van der Waals surface area (Å²) in [5.41, 5.74) is 6.13. The molecular weight excluding hydrogens is 244 g/mol. The molecule has 0 heterocycles. The van der Waals surface area contributed by atoms with Gasteiger partial charge in [-0.25, -0.2) is 0 Å². The number of hydrogen-bond donors (Lipinski definition) is 3. The van der Waals surface area contributed by atoms with Gasteiger partial charge in [0.25, 0.3) is 0 Å². The number of rotatable bonds is 8. The zero-order valence-corrected chi connectivity index (χ0v) is 11.5. The van der Waals surface area contributed by atoms with Gasteiger partial charge in [0.15, 0.2) is 5.84 Å². The molecule has 0 amide bonds. The van der Waals surface area contributed by atoms with E-state index in [2.05, 4.69) is 15.4 Å². The van der Waals surface area contributed by atoms with Gasteiger partial charge in [-0.3, -0.25) is 0 Å². The van der Waals surface area contributed by atoms with Crippen LogP contribution in [0.4, 0.5) is 0 Å². The molecular formula is C13H22N4O2. The number of ether oxygens (including phenoxy) is 1. The number of nitrogens with one attached hydrogen (secondary N) is 1. The largest absolute Gasteiger partial charge is 0.492 e. The molecule has 106 valence electrons. The lowest BCUT2D eigenvalue weighted by atomic mass is 10.2. The first-order chi connectivity index (χ1) is 9.13. The Kier molecular flexibility index (Phi) is 6.70. The van der Waals surface area contributed by atoms with Crippen LogP contribution in [0.1, 0.15) is 5.56 Å². The van der Waals surface area contributed by atoms with Crippen molar-refractivity contribution in [2.45, 2.75) is 0 Å². The first-order valence-corrected chi connectivity index (χ1v) is 6.19. The van der Waals surface area contributed by atoms with Crippen LogP contribution in [-0.4, -0.2) is 56.3 Å². The molecule has 0 saturated heterocycles. The topological polar surface area (TPSA) is 83.1 Å². The Labute approximate surface area is 113 Å². The highest BCUT2D eigenvalue weighted by Crippen LogP contribution is 2.11.